The summed E-state index contributed by atoms with van der Waals surface area (Å²) in [6.07, 6.45) is 1.71. The number of anilines is 1. The van der Waals surface area contributed by atoms with E-state index in [1.54, 1.807) is 18.3 Å². The molecule has 0 bridgehead atoms. The molecule has 0 aromatic carbocycles. The SMILES string of the molecule is CC1CN(c2ncccc2O)CCN1. The Morgan fingerprint density at radius 3 is 3.21 bits per heavy atom. The van der Waals surface area contributed by atoms with E-state index in [0.717, 1.165) is 19.6 Å². The summed E-state index contributed by atoms with van der Waals surface area (Å²) >= 11 is 0. The minimum atomic E-state index is 0.265. The number of piperazine rings is 1. The molecule has 2 rings (SSSR count). The maximum absolute atomic E-state index is 9.62. The lowest BCUT2D eigenvalue weighted by molar-refractivity contribution is 0.452. The van der Waals surface area contributed by atoms with Gasteiger partial charge in [-0.15, -0.1) is 0 Å². The molecular formula is C10H15N3O. The predicted octanol–water partition coefficient (Wildman–Crippen LogP) is 0.585. The van der Waals surface area contributed by atoms with Crippen molar-refractivity contribution in [3.05, 3.63) is 18.3 Å². The summed E-state index contributed by atoms with van der Waals surface area (Å²) in [4.78, 5) is 6.29. The summed E-state index contributed by atoms with van der Waals surface area (Å²) in [6.45, 7) is 4.86. The van der Waals surface area contributed by atoms with Gasteiger partial charge in [0.05, 0.1) is 0 Å². The Kier molecular flexibility index (Phi) is 2.54. The fourth-order valence-corrected chi connectivity index (χ4v) is 1.76. The number of hydrogen-bond donors (Lipinski definition) is 2. The molecule has 1 aromatic rings. The van der Waals surface area contributed by atoms with Gasteiger partial charge in [-0.25, -0.2) is 4.98 Å². The van der Waals surface area contributed by atoms with Gasteiger partial charge in [0.1, 0.15) is 0 Å². The molecule has 14 heavy (non-hydrogen) atoms. The smallest absolute Gasteiger partial charge is 0.171 e. The Morgan fingerprint density at radius 2 is 2.50 bits per heavy atom. The number of nitrogens with zero attached hydrogens (tertiary/aromatic N) is 2. The van der Waals surface area contributed by atoms with E-state index in [1.165, 1.54) is 0 Å². The molecule has 4 heteroatoms. The summed E-state index contributed by atoms with van der Waals surface area (Å²) in [7, 11) is 0. The number of nitrogens with one attached hydrogen (secondary N) is 1. The zero-order valence-corrected chi connectivity index (χ0v) is 8.27. The number of pyridine rings is 1. The van der Waals surface area contributed by atoms with E-state index in [1.807, 2.05) is 0 Å². The first kappa shape index (κ1) is 9.27. The van der Waals surface area contributed by atoms with Gasteiger partial charge in [0, 0.05) is 31.9 Å². The van der Waals surface area contributed by atoms with Crippen LogP contribution in [0.4, 0.5) is 5.82 Å². The van der Waals surface area contributed by atoms with Gasteiger partial charge in [-0.2, -0.15) is 0 Å². The number of hydrogen-bond acceptors (Lipinski definition) is 4. The average molecular weight is 193 g/mol. The van der Waals surface area contributed by atoms with Gasteiger partial charge in [-0.05, 0) is 19.1 Å². The van der Waals surface area contributed by atoms with Crippen LogP contribution in [0.3, 0.4) is 0 Å². The first-order chi connectivity index (χ1) is 6.77. The Balaban J connectivity index is 2.18. The highest BCUT2D eigenvalue weighted by molar-refractivity contribution is 5.51. The van der Waals surface area contributed by atoms with Crippen molar-refractivity contribution in [3.8, 4) is 5.75 Å². The van der Waals surface area contributed by atoms with Crippen molar-refractivity contribution in [1.29, 1.82) is 0 Å². The molecular weight excluding hydrogens is 178 g/mol. The van der Waals surface area contributed by atoms with Crippen LogP contribution in [0, 0.1) is 0 Å². The third-order valence-corrected chi connectivity index (χ3v) is 2.43. The third kappa shape index (κ3) is 1.80. The molecule has 1 unspecified atom stereocenters. The Hall–Kier alpha value is -1.29. The molecule has 2 N–H and O–H groups in total. The Morgan fingerprint density at radius 1 is 1.64 bits per heavy atom. The quantitative estimate of drug-likeness (QED) is 0.685. The second-order valence-corrected chi connectivity index (χ2v) is 3.65. The van der Waals surface area contributed by atoms with E-state index >= 15 is 0 Å². The highest BCUT2D eigenvalue weighted by atomic mass is 16.3. The predicted molar refractivity (Wildman–Crippen MR) is 55.6 cm³/mol. The van der Waals surface area contributed by atoms with Crippen LogP contribution in [0.15, 0.2) is 18.3 Å². The minimum Gasteiger partial charge on any atom is -0.504 e. The van der Waals surface area contributed by atoms with Crippen molar-refractivity contribution in [3.63, 3.8) is 0 Å². The maximum atomic E-state index is 9.62. The van der Waals surface area contributed by atoms with Gasteiger partial charge in [-0.3, -0.25) is 0 Å². The summed E-state index contributed by atoms with van der Waals surface area (Å²) < 4.78 is 0. The number of aromatic nitrogens is 1. The highest BCUT2D eigenvalue weighted by Gasteiger charge is 2.18. The van der Waals surface area contributed by atoms with E-state index in [0.29, 0.717) is 11.9 Å². The van der Waals surface area contributed by atoms with E-state index < -0.39 is 0 Å². The van der Waals surface area contributed by atoms with Crippen LogP contribution < -0.4 is 10.2 Å². The minimum absolute atomic E-state index is 0.265. The van der Waals surface area contributed by atoms with Crippen molar-refractivity contribution in [2.24, 2.45) is 0 Å². The van der Waals surface area contributed by atoms with Gasteiger partial charge in [0.25, 0.3) is 0 Å². The van der Waals surface area contributed by atoms with Crippen LogP contribution in [0.5, 0.6) is 5.75 Å². The Bertz CT molecular complexity index is 316. The summed E-state index contributed by atoms with van der Waals surface area (Å²) in [5.74, 6) is 0.961. The molecule has 1 atom stereocenters. The van der Waals surface area contributed by atoms with E-state index in [9.17, 15) is 5.11 Å². The molecule has 0 radical (unpaired) electrons. The van der Waals surface area contributed by atoms with Crippen molar-refractivity contribution in [2.75, 3.05) is 24.5 Å². The summed E-state index contributed by atoms with van der Waals surface area (Å²) in [5, 5.41) is 13.0. The lowest BCUT2D eigenvalue weighted by Crippen LogP contribution is -2.49. The van der Waals surface area contributed by atoms with E-state index in [4.69, 9.17) is 0 Å². The van der Waals surface area contributed by atoms with Crippen LogP contribution in [-0.4, -0.2) is 35.8 Å². The molecule has 76 valence electrons. The Labute approximate surface area is 83.6 Å². The first-order valence-electron chi connectivity index (χ1n) is 4.89. The molecule has 1 aromatic heterocycles. The first-order valence-corrected chi connectivity index (χ1v) is 4.89. The van der Waals surface area contributed by atoms with Gasteiger partial charge < -0.3 is 15.3 Å². The van der Waals surface area contributed by atoms with Gasteiger partial charge in [0.2, 0.25) is 0 Å². The zero-order chi connectivity index (χ0) is 9.97. The summed E-state index contributed by atoms with van der Waals surface area (Å²) in [5.41, 5.74) is 0. The van der Waals surface area contributed by atoms with Crippen LogP contribution in [0.2, 0.25) is 0 Å². The second kappa shape index (κ2) is 3.84. The number of rotatable bonds is 1. The van der Waals surface area contributed by atoms with Crippen LogP contribution in [-0.2, 0) is 0 Å². The average Bonchev–Trinajstić information content (AvgIpc) is 2.18. The van der Waals surface area contributed by atoms with Gasteiger partial charge in [0.15, 0.2) is 11.6 Å². The van der Waals surface area contributed by atoms with Gasteiger partial charge >= 0.3 is 0 Å². The van der Waals surface area contributed by atoms with Gasteiger partial charge in [-0.1, -0.05) is 0 Å². The largest absolute Gasteiger partial charge is 0.504 e. The standard InChI is InChI=1S/C10H15N3O/c1-8-7-13(6-5-11-8)10-9(14)3-2-4-12-10/h2-4,8,11,14H,5-7H2,1H3. The topological polar surface area (TPSA) is 48.4 Å². The molecule has 0 saturated carbocycles. The van der Waals surface area contributed by atoms with Crippen molar-refractivity contribution in [2.45, 2.75) is 13.0 Å². The molecule has 2 heterocycles. The molecule has 4 nitrogen and oxygen atoms in total. The normalized spacial score (nSPS) is 22.4. The molecule has 1 fully saturated rings. The van der Waals surface area contributed by atoms with E-state index in [-0.39, 0.29) is 5.75 Å². The third-order valence-electron chi connectivity index (χ3n) is 2.43. The zero-order valence-electron chi connectivity index (χ0n) is 8.27. The monoisotopic (exact) mass is 193 g/mol. The second-order valence-electron chi connectivity index (χ2n) is 3.65. The van der Waals surface area contributed by atoms with Crippen molar-refractivity contribution >= 4 is 5.82 Å². The highest BCUT2D eigenvalue weighted by Crippen LogP contribution is 2.23. The molecule has 1 aliphatic rings. The van der Waals surface area contributed by atoms with Crippen LogP contribution in [0.25, 0.3) is 0 Å². The molecule has 0 aliphatic carbocycles. The maximum Gasteiger partial charge on any atom is 0.171 e. The molecule has 0 spiro atoms. The molecule has 1 saturated heterocycles. The van der Waals surface area contributed by atoms with Crippen molar-refractivity contribution in [1.82, 2.24) is 10.3 Å². The van der Waals surface area contributed by atoms with Crippen molar-refractivity contribution < 1.29 is 5.11 Å². The number of aromatic hydroxyl groups is 1. The summed E-state index contributed by atoms with van der Waals surface area (Å²) in [6, 6.07) is 3.87. The van der Waals surface area contributed by atoms with Crippen LogP contribution in [0.1, 0.15) is 6.92 Å². The fraction of sp³-hybridized carbons (Fsp3) is 0.500. The molecule has 1 aliphatic heterocycles. The van der Waals surface area contributed by atoms with Crippen LogP contribution >= 0.6 is 0 Å². The lowest BCUT2D eigenvalue weighted by atomic mass is 10.2. The fourth-order valence-electron chi connectivity index (χ4n) is 1.76. The molecule has 0 amide bonds. The lowest BCUT2D eigenvalue weighted by Gasteiger charge is -2.32. The van der Waals surface area contributed by atoms with E-state index in [2.05, 4.69) is 22.1 Å².